The van der Waals surface area contributed by atoms with Crippen LogP contribution in [0.1, 0.15) is 34.8 Å². The van der Waals surface area contributed by atoms with Gasteiger partial charge in [0.2, 0.25) is 0 Å². The molecule has 0 N–H and O–H groups in total. The summed E-state index contributed by atoms with van der Waals surface area (Å²) in [5.41, 5.74) is 1.50. The van der Waals surface area contributed by atoms with Crippen molar-refractivity contribution in [1.29, 1.82) is 0 Å². The first-order valence-corrected chi connectivity index (χ1v) is 9.09. The zero-order valence-corrected chi connectivity index (χ0v) is 15.5. The van der Waals surface area contributed by atoms with E-state index in [0.717, 1.165) is 5.56 Å². The summed E-state index contributed by atoms with van der Waals surface area (Å²) in [7, 11) is 1.35. The van der Waals surface area contributed by atoms with Crippen LogP contribution in [0.3, 0.4) is 0 Å². The first-order chi connectivity index (χ1) is 13.0. The fourth-order valence-corrected chi connectivity index (χ4v) is 2.94. The van der Waals surface area contributed by atoms with Crippen molar-refractivity contribution in [2.24, 2.45) is 0 Å². The van der Waals surface area contributed by atoms with E-state index >= 15 is 0 Å². The summed E-state index contributed by atoms with van der Waals surface area (Å²) in [6.45, 7) is 1.77. The molecule has 0 unspecified atom stereocenters. The molecule has 1 aromatic heterocycles. The highest BCUT2D eigenvalue weighted by atomic mass is 32.2. The van der Waals surface area contributed by atoms with Crippen LogP contribution in [0, 0.1) is 5.82 Å². The van der Waals surface area contributed by atoms with Crippen LogP contribution in [0.15, 0.2) is 58.2 Å². The van der Waals surface area contributed by atoms with Gasteiger partial charge in [0.1, 0.15) is 11.6 Å². The van der Waals surface area contributed by atoms with Crippen molar-refractivity contribution in [3.8, 4) is 5.75 Å². The molecule has 1 atom stereocenters. The van der Waals surface area contributed by atoms with Gasteiger partial charge in [0.15, 0.2) is 6.10 Å². The lowest BCUT2D eigenvalue weighted by molar-refractivity contribution is 0.0600. The lowest BCUT2D eigenvalue weighted by Gasteiger charge is -2.10. The van der Waals surface area contributed by atoms with Crippen molar-refractivity contribution in [2.75, 3.05) is 7.11 Å². The van der Waals surface area contributed by atoms with Gasteiger partial charge in [0.25, 0.3) is 11.1 Å². The maximum absolute atomic E-state index is 12.9. The second-order valence-electron chi connectivity index (χ2n) is 5.60. The van der Waals surface area contributed by atoms with Gasteiger partial charge in [-0.25, -0.2) is 9.18 Å². The third-order valence-electron chi connectivity index (χ3n) is 3.63. The Morgan fingerprint density at radius 2 is 1.85 bits per heavy atom. The number of halogens is 1. The van der Waals surface area contributed by atoms with Crippen LogP contribution in [-0.2, 0) is 10.5 Å². The number of benzene rings is 2. The van der Waals surface area contributed by atoms with Crippen LogP contribution in [0.2, 0.25) is 0 Å². The van der Waals surface area contributed by atoms with Crippen molar-refractivity contribution >= 4 is 17.7 Å². The summed E-state index contributed by atoms with van der Waals surface area (Å²) >= 11 is 1.38. The van der Waals surface area contributed by atoms with Gasteiger partial charge in [0.05, 0.1) is 12.7 Å². The van der Waals surface area contributed by atoms with Gasteiger partial charge in [0, 0.05) is 5.75 Å². The summed E-state index contributed by atoms with van der Waals surface area (Å²) in [5, 5.41) is 8.41. The number of hydrogen-bond donors (Lipinski definition) is 0. The third kappa shape index (κ3) is 5.07. The topological polar surface area (TPSA) is 74.5 Å². The van der Waals surface area contributed by atoms with Crippen LogP contribution in [0.4, 0.5) is 4.39 Å². The number of thioether (sulfide) groups is 1. The average molecular weight is 388 g/mol. The first-order valence-electron chi connectivity index (χ1n) is 8.11. The number of aromatic nitrogens is 2. The molecule has 0 aliphatic heterocycles. The Kier molecular flexibility index (Phi) is 6.08. The zero-order valence-electron chi connectivity index (χ0n) is 14.7. The molecular formula is C19H17FN2O4S. The van der Waals surface area contributed by atoms with Crippen LogP contribution in [0.5, 0.6) is 5.75 Å². The molecule has 0 aliphatic rings. The molecule has 0 radical (unpaired) electrons. The van der Waals surface area contributed by atoms with E-state index in [0.29, 0.717) is 28.2 Å². The van der Waals surface area contributed by atoms with Crippen LogP contribution in [-0.4, -0.2) is 23.3 Å². The summed E-state index contributed by atoms with van der Waals surface area (Å²) in [6.07, 6.45) is -0.461. The van der Waals surface area contributed by atoms with E-state index in [1.54, 1.807) is 19.1 Å². The predicted molar refractivity (Wildman–Crippen MR) is 97.1 cm³/mol. The molecule has 1 heterocycles. The van der Waals surface area contributed by atoms with Crippen LogP contribution < -0.4 is 4.74 Å². The number of esters is 1. The Bertz CT molecular complexity index is 897. The summed E-state index contributed by atoms with van der Waals surface area (Å²) in [4.78, 5) is 11.4. The molecule has 3 aromatic rings. The number of methoxy groups -OCH3 is 1. The molecule has 0 amide bonds. The van der Waals surface area contributed by atoms with Gasteiger partial charge in [-0.15, -0.1) is 10.2 Å². The monoisotopic (exact) mass is 388 g/mol. The Labute approximate surface area is 159 Å². The summed E-state index contributed by atoms with van der Waals surface area (Å²) in [5.74, 6) is 0.762. The second kappa shape index (κ2) is 8.68. The molecule has 6 nitrogen and oxygen atoms in total. The number of rotatable bonds is 7. The fraction of sp³-hybridized carbons (Fsp3) is 0.211. The van der Waals surface area contributed by atoms with Crippen molar-refractivity contribution in [2.45, 2.75) is 24.0 Å². The first kappa shape index (κ1) is 18.9. The molecule has 3 rings (SSSR count). The Morgan fingerprint density at radius 3 is 2.52 bits per heavy atom. The zero-order chi connectivity index (χ0) is 19.2. The van der Waals surface area contributed by atoms with E-state index in [2.05, 4.69) is 14.9 Å². The van der Waals surface area contributed by atoms with E-state index in [4.69, 9.17) is 9.15 Å². The predicted octanol–water partition coefficient (Wildman–Crippen LogP) is 4.43. The molecule has 8 heteroatoms. The van der Waals surface area contributed by atoms with Gasteiger partial charge in [-0.05, 0) is 48.9 Å². The highest BCUT2D eigenvalue weighted by Crippen LogP contribution is 2.26. The largest absolute Gasteiger partial charge is 0.481 e. The highest BCUT2D eigenvalue weighted by molar-refractivity contribution is 7.98. The lowest BCUT2D eigenvalue weighted by Crippen LogP contribution is -2.03. The normalized spacial score (nSPS) is 11.8. The molecule has 0 fully saturated rings. The van der Waals surface area contributed by atoms with Gasteiger partial charge in [-0.2, -0.15) is 0 Å². The lowest BCUT2D eigenvalue weighted by atomic mass is 10.1. The minimum atomic E-state index is -0.461. The molecule has 0 aliphatic carbocycles. The third-order valence-corrected chi connectivity index (χ3v) is 4.52. The molecule has 27 heavy (non-hydrogen) atoms. The van der Waals surface area contributed by atoms with Crippen molar-refractivity contribution in [3.05, 3.63) is 71.4 Å². The van der Waals surface area contributed by atoms with E-state index in [-0.39, 0.29) is 11.8 Å². The summed E-state index contributed by atoms with van der Waals surface area (Å²) < 4.78 is 28.9. The van der Waals surface area contributed by atoms with E-state index in [9.17, 15) is 9.18 Å². The second-order valence-corrected chi connectivity index (χ2v) is 6.52. The van der Waals surface area contributed by atoms with E-state index < -0.39 is 6.10 Å². The number of carbonyl (C=O) groups is 1. The quantitative estimate of drug-likeness (QED) is 0.438. The SMILES string of the molecule is COC(=O)c1ccc(CSc2nnc([C@@H](C)Oc3ccc(F)cc3)o2)cc1. The Morgan fingerprint density at radius 1 is 1.15 bits per heavy atom. The van der Waals surface area contributed by atoms with Crippen molar-refractivity contribution in [1.82, 2.24) is 10.2 Å². The molecule has 2 aromatic carbocycles. The van der Waals surface area contributed by atoms with Crippen LogP contribution >= 0.6 is 11.8 Å². The van der Waals surface area contributed by atoms with Gasteiger partial charge in [-0.1, -0.05) is 23.9 Å². The van der Waals surface area contributed by atoms with Crippen molar-refractivity contribution < 1.29 is 23.1 Å². The standard InChI is InChI=1S/C19H17FN2O4S/c1-12(25-16-9-7-15(20)8-10-16)17-21-22-19(26-17)27-11-13-3-5-14(6-4-13)18(23)24-2/h3-10,12H,11H2,1-2H3/t12-/m1/s1. The van der Waals surface area contributed by atoms with Gasteiger partial charge < -0.3 is 13.9 Å². The molecule has 0 saturated heterocycles. The maximum Gasteiger partial charge on any atom is 0.337 e. The minimum Gasteiger partial charge on any atom is -0.481 e. The van der Waals surface area contributed by atoms with E-state index in [1.165, 1.54) is 43.1 Å². The number of carbonyl (C=O) groups excluding carboxylic acids is 1. The van der Waals surface area contributed by atoms with Gasteiger partial charge >= 0.3 is 5.97 Å². The maximum atomic E-state index is 12.9. The number of hydrogen-bond acceptors (Lipinski definition) is 7. The number of ether oxygens (including phenoxy) is 2. The smallest absolute Gasteiger partial charge is 0.337 e. The molecule has 0 spiro atoms. The fourth-order valence-electron chi connectivity index (χ4n) is 2.21. The van der Waals surface area contributed by atoms with Crippen LogP contribution in [0.25, 0.3) is 0 Å². The van der Waals surface area contributed by atoms with Crippen molar-refractivity contribution in [3.63, 3.8) is 0 Å². The van der Waals surface area contributed by atoms with Gasteiger partial charge in [-0.3, -0.25) is 0 Å². The summed E-state index contributed by atoms with van der Waals surface area (Å²) in [6, 6.07) is 12.8. The molecule has 0 saturated carbocycles. The molecule has 140 valence electrons. The minimum absolute atomic E-state index is 0.328. The highest BCUT2D eigenvalue weighted by Gasteiger charge is 2.16. The average Bonchev–Trinajstić information content (AvgIpc) is 3.17. The Hall–Kier alpha value is -2.87. The number of nitrogens with zero attached hydrogens (tertiary/aromatic N) is 2. The molecular weight excluding hydrogens is 371 g/mol. The van der Waals surface area contributed by atoms with E-state index in [1.807, 2.05) is 12.1 Å². The molecule has 0 bridgehead atoms. The Balaban J connectivity index is 1.55.